The normalized spacial score (nSPS) is 54.9. The number of rotatable bonds is 1. The molecule has 2 saturated heterocycles. The van der Waals surface area contributed by atoms with Crippen molar-refractivity contribution in [2.45, 2.75) is 76.5 Å². The Morgan fingerprint density at radius 1 is 0.941 bits per heavy atom. The summed E-state index contributed by atoms with van der Waals surface area (Å²) in [5.41, 5.74) is -0.842. The van der Waals surface area contributed by atoms with Crippen LogP contribution >= 0.6 is 0 Å². The molecule has 3 rings (SSSR count). The number of nitrogens with one attached hydrogen (secondary N) is 1. The maximum Gasteiger partial charge on any atom is 0.116 e. The van der Waals surface area contributed by atoms with Gasteiger partial charge < -0.3 is 5.32 Å². The van der Waals surface area contributed by atoms with Crippen LogP contribution in [-0.2, 0) is 0 Å². The molecule has 0 radical (unpaired) electrons. The first-order chi connectivity index (χ1) is 8.07. The highest BCUT2D eigenvalue weighted by molar-refractivity contribution is 5.04. The Morgan fingerprint density at radius 3 is 2.18 bits per heavy atom. The molecule has 0 aromatic heterocycles. The van der Waals surface area contributed by atoms with Crippen molar-refractivity contribution >= 4 is 0 Å². The number of piperidine rings is 1. The molecule has 1 aliphatic carbocycles. The van der Waals surface area contributed by atoms with Crippen LogP contribution in [0.3, 0.4) is 0 Å². The van der Waals surface area contributed by atoms with Crippen LogP contribution in [0.25, 0.3) is 0 Å². The Balaban J connectivity index is 1.70. The Labute approximate surface area is 105 Å². The molecule has 3 fully saturated rings. The average Bonchev–Trinajstić information content (AvgIpc) is 2.62. The number of hydrogen-bond donors (Lipinski definition) is 1. The van der Waals surface area contributed by atoms with Crippen molar-refractivity contribution in [1.29, 1.82) is 0 Å². The number of alkyl halides is 1. The molecule has 1 saturated carbocycles. The standard InChI is InChI=1S/C15H26FN/c1-10-3-4-12(7-11(10)2)15(16)8-13-5-6-14(9-15)17-13/h10-14,17H,3-9H2,1-2H3. The molecular formula is C15H26FN. The summed E-state index contributed by atoms with van der Waals surface area (Å²) in [5.74, 6) is 1.86. The first kappa shape index (κ1) is 12.0. The highest BCUT2D eigenvalue weighted by atomic mass is 19.1. The summed E-state index contributed by atoms with van der Waals surface area (Å²) in [7, 11) is 0. The van der Waals surface area contributed by atoms with Crippen LogP contribution in [-0.4, -0.2) is 17.8 Å². The van der Waals surface area contributed by atoms with Crippen LogP contribution in [0.5, 0.6) is 0 Å². The van der Waals surface area contributed by atoms with Crippen molar-refractivity contribution in [3.63, 3.8) is 0 Å². The van der Waals surface area contributed by atoms with E-state index in [9.17, 15) is 0 Å². The maximum atomic E-state index is 15.3. The largest absolute Gasteiger partial charge is 0.311 e. The summed E-state index contributed by atoms with van der Waals surface area (Å²) >= 11 is 0. The maximum absolute atomic E-state index is 15.3. The quantitative estimate of drug-likeness (QED) is 0.736. The second kappa shape index (κ2) is 4.22. The van der Waals surface area contributed by atoms with Crippen molar-refractivity contribution in [2.24, 2.45) is 17.8 Å². The molecule has 2 bridgehead atoms. The van der Waals surface area contributed by atoms with Gasteiger partial charge in [-0.05, 0) is 56.3 Å². The van der Waals surface area contributed by atoms with Crippen LogP contribution in [0, 0.1) is 17.8 Å². The molecule has 1 N–H and O–H groups in total. The zero-order valence-electron chi connectivity index (χ0n) is 11.2. The number of fused-ring (bicyclic) bond motifs is 2. The van der Waals surface area contributed by atoms with Crippen molar-refractivity contribution in [1.82, 2.24) is 5.32 Å². The number of halogens is 1. The van der Waals surface area contributed by atoms with E-state index in [0.29, 0.717) is 23.9 Å². The third-order valence-corrected chi connectivity index (χ3v) is 5.84. The van der Waals surface area contributed by atoms with Gasteiger partial charge in [0.1, 0.15) is 5.67 Å². The van der Waals surface area contributed by atoms with Gasteiger partial charge in [-0.15, -0.1) is 0 Å². The van der Waals surface area contributed by atoms with Gasteiger partial charge in [0.2, 0.25) is 0 Å². The molecular weight excluding hydrogens is 213 g/mol. The minimum absolute atomic E-state index is 0.346. The molecule has 98 valence electrons. The summed E-state index contributed by atoms with van der Waals surface area (Å²) in [6.45, 7) is 4.65. The lowest BCUT2D eigenvalue weighted by molar-refractivity contribution is -0.00964. The Morgan fingerprint density at radius 2 is 1.59 bits per heavy atom. The topological polar surface area (TPSA) is 12.0 Å². The van der Waals surface area contributed by atoms with Crippen LogP contribution in [0.4, 0.5) is 4.39 Å². The zero-order chi connectivity index (χ0) is 12.0. The molecule has 17 heavy (non-hydrogen) atoms. The Kier molecular flexibility index (Phi) is 2.97. The molecule has 1 nitrogen and oxygen atoms in total. The predicted molar refractivity (Wildman–Crippen MR) is 68.7 cm³/mol. The summed E-state index contributed by atoms with van der Waals surface area (Å²) < 4.78 is 15.3. The Bertz CT molecular complexity index is 279. The van der Waals surface area contributed by atoms with E-state index in [-0.39, 0.29) is 0 Å². The molecule has 0 aromatic carbocycles. The van der Waals surface area contributed by atoms with Gasteiger partial charge in [-0.1, -0.05) is 20.3 Å². The predicted octanol–water partition coefficient (Wildman–Crippen LogP) is 3.68. The van der Waals surface area contributed by atoms with E-state index in [0.717, 1.165) is 31.6 Å². The first-order valence-corrected chi connectivity index (χ1v) is 7.52. The van der Waals surface area contributed by atoms with Crippen molar-refractivity contribution in [3.8, 4) is 0 Å². The van der Waals surface area contributed by atoms with E-state index >= 15 is 4.39 Å². The second-order valence-corrected chi connectivity index (χ2v) is 7.05. The first-order valence-electron chi connectivity index (χ1n) is 7.52. The summed E-state index contributed by atoms with van der Waals surface area (Å²) in [6, 6.07) is 0.960. The van der Waals surface area contributed by atoms with Gasteiger partial charge in [-0.25, -0.2) is 4.39 Å². The lowest BCUT2D eigenvalue weighted by Gasteiger charge is -2.44. The summed E-state index contributed by atoms with van der Waals surface area (Å²) in [5, 5.41) is 3.56. The lowest BCUT2D eigenvalue weighted by atomic mass is 9.66. The molecule has 0 amide bonds. The zero-order valence-corrected chi connectivity index (χ0v) is 11.2. The van der Waals surface area contributed by atoms with E-state index in [2.05, 4.69) is 19.2 Å². The summed E-state index contributed by atoms with van der Waals surface area (Å²) in [4.78, 5) is 0. The van der Waals surface area contributed by atoms with E-state index in [1.54, 1.807) is 0 Å². The van der Waals surface area contributed by atoms with E-state index < -0.39 is 5.67 Å². The SMILES string of the molecule is CC1CCC(C2(F)CC3CCC(C2)N3)CC1C. The molecule has 5 unspecified atom stereocenters. The third-order valence-electron chi connectivity index (χ3n) is 5.84. The Hall–Kier alpha value is -0.110. The van der Waals surface area contributed by atoms with Gasteiger partial charge in [0.25, 0.3) is 0 Å². The minimum Gasteiger partial charge on any atom is -0.311 e. The summed E-state index contributed by atoms with van der Waals surface area (Å²) in [6.07, 6.45) is 7.47. The van der Waals surface area contributed by atoms with Crippen molar-refractivity contribution < 1.29 is 4.39 Å². The van der Waals surface area contributed by atoms with E-state index in [4.69, 9.17) is 0 Å². The molecule has 2 heterocycles. The number of hydrogen-bond acceptors (Lipinski definition) is 1. The van der Waals surface area contributed by atoms with Crippen LogP contribution in [0.1, 0.15) is 58.8 Å². The van der Waals surface area contributed by atoms with E-state index in [1.807, 2.05) is 0 Å². The van der Waals surface area contributed by atoms with Gasteiger partial charge in [0.15, 0.2) is 0 Å². The van der Waals surface area contributed by atoms with Gasteiger partial charge in [0, 0.05) is 12.1 Å². The van der Waals surface area contributed by atoms with Gasteiger partial charge in [-0.3, -0.25) is 0 Å². The molecule has 0 aromatic rings. The molecule has 3 aliphatic rings. The highest BCUT2D eigenvalue weighted by Gasteiger charge is 2.49. The van der Waals surface area contributed by atoms with Crippen molar-refractivity contribution in [2.75, 3.05) is 0 Å². The van der Waals surface area contributed by atoms with Crippen LogP contribution in [0.2, 0.25) is 0 Å². The average molecular weight is 239 g/mol. The van der Waals surface area contributed by atoms with Crippen LogP contribution < -0.4 is 5.32 Å². The molecule has 0 spiro atoms. The second-order valence-electron chi connectivity index (χ2n) is 7.05. The van der Waals surface area contributed by atoms with Gasteiger partial charge in [-0.2, -0.15) is 0 Å². The highest BCUT2D eigenvalue weighted by Crippen LogP contribution is 2.48. The smallest absolute Gasteiger partial charge is 0.116 e. The molecule has 5 atom stereocenters. The van der Waals surface area contributed by atoms with E-state index in [1.165, 1.54) is 19.3 Å². The fourth-order valence-corrected chi connectivity index (χ4v) is 4.48. The third kappa shape index (κ3) is 2.14. The monoisotopic (exact) mass is 239 g/mol. The van der Waals surface area contributed by atoms with Gasteiger partial charge in [0.05, 0.1) is 0 Å². The lowest BCUT2D eigenvalue weighted by Crippen LogP contribution is -2.51. The van der Waals surface area contributed by atoms with Crippen LogP contribution in [0.15, 0.2) is 0 Å². The molecule has 2 aliphatic heterocycles. The van der Waals surface area contributed by atoms with Gasteiger partial charge >= 0.3 is 0 Å². The fourth-order valence-electron chi connectivity index (χ4n) is 4.48. The fraction of sp³-hybridized carbons (Fsp3) is 1.00. The minimum atomic E-state index is -0.842. The molecule has 2 heteroatoms. The van der Waals surface area contributed by atoms with Crippen molar-refractivity contribution in [3.05, 3.63) is 0 Å².